The maximum atomic E-state index is 4.41. The van der Waals surface area contributed by atoms with Crippen LogP contribution < -0.4 is 10.6 Å². The summed E-state index contributed by atoms with van der Waals surface area (Å²) in [4.78, 5) is 4.41. The summed E-state index contributed by atoms with van der Waals surface area (Å²) in [6, 6.07) is 0. The minimum Gasteiger partial charge on any atom is -0.356 e. The molecule has 1 aliphatic rings. The van der Waals surface area contributed by atoms with E-state index < -0.39 is 0 Å². The molecule has 0 spiro atoms. The van der Waals surface area contributed by atoms with Gasteiger partial charge in [0.05, 0.1) is 0 Å². The molecule has 0 atom stereocenters. The first kappa shape index (κ1) is 12.3. The SMILES string of the molecule is CC(C)CC(C)(C)CNC1=NCCCN1. The van der Waals surface area contributed by atoms with Gasteiger partial charge in [0.25, 0.3) is 0 Å². The molecule has 0 unspecified atom stereocenters. The minimum absolute atomic E-state index is 0.343. The van der Waals surface area contributed by atoms with Crippen molar-refractivity contribution in [1.82, 2.24) is 10.6 Å². The molecule has 0 aromatic rings. The van der Waals surface area contributed by atoms with Crippen molar-refractivity contribution < 1.29 is 0 Å². The smallest absolute Gasteiger partial charge is 0.191 e. The maximum Gasteiger partial charge on any atom is 0.191 e. The molecule has 0 aromatic carbocycles. The molecule has 1 rings (SSSR count). The zero-order valence-electron chi connectivity index (χ0n) is 10.6. The molecule has 0 saturated heterocycles. The lowest BCUT2D eigenvalue weighted by molar-refractivity contribution is 0.286. The summed E-state index contributed by atoms with van der Waals surface area (Å²) in [5, 5.41) is 6.69. The molecular weight excluding hydrogens is 186 g/mol. The van der Waals surface area contributed by atoms with Gasteiger partial charge in [0.1, 0.15) is 0 Å². The second-order valence-corrected chi connectivity index (χ2v) is 5.63. The molecular formula is C12H25N3. The molecule has 0 aromatic heterocycles. The topological polar surface area (TPSA) is 36.4 Å². The molecule has 0 fully saturated rings. The van der Waals surface area contributed by atoms with Gasteiger partial charge >= 0.3 is 0 Å². The van der Waals surface area contributed by atoms with Crippen LogP contribution in [0.25, 0.3) is 0 Å². The number of nitrogens with one attached hydrogen (secondary N) is 2. The molecule has 1 heterocycles. The van der Waals surface area contributed by atoms with Gasteiger partial charge in [-0.1, -0.05) is 27.7 Å². The first-order valence-electron chi connectivity index (χ1n) is 6.02. The summed E-state index contributed by atoms with van der Waals surface area (Å²) in [6.45, 7) is 12.2. The van der Waals surface area contributed by atoms with Crippen molar-refractivity contribution in [2.45, 2.75) is 40.5 Å². The van der Waals surface area contributed by atoms with Crippen molar-refractivity contribution in [1.29, 1.82) is 0 Å². The predicted molar refractivity (Wildman–Crippen MR) is 66.2 cm³/mol. The standard InChI is InChI=1S/C12H25N3/c1-10(2)8-12(3,4)9-15-11-13-6-5-7-14-11/h10H,5-9H2,1-4H3,(H2,13,14,15). The molecule has 0 bridgehead atoms. The fourth-order valence-corrected chi connectivity index (χ4v) is 2.15. The largest absolute Gasteiger partial charge is 0.356 e. The third kappa shape index (κ3) is 5.05. The number of rotatable bonds is 4. The van der Waals surface area contributed by atoms with Gasteiger partial charge in [0, 0.05) is 19.6 Å². The Labute approximate surface area is 93.7 Å². The third-order valence-corrected chi connectivity index (χ3v) is 2.59. The lowest BCUT2D eigenvalue weighted by Crippen LogP contribution is -2.44. The van der Waals surface area contributed by atoms with E-state index in [1.54, 1.807) is 0 Å². The van der Waals surface area contributed by atoms with Crippen molar-refractivity contribution in [2.24, 2.45) is 16.3 Å². The zero-order valence-corrected chi connectivity index (χ0v) is 10.6. The van der Waals surface area contributed by atoms with Crippen LogP contribution in [0, 0.1) is 11.3 Å². The van der Waals surface area contributed by atoms with E-state index in [4.69, 9.17) is 0 Å². The Hall–Kier alpha value is -0.730. The van der Waals surface area contributed by atoms with Gasteiger partial charge in [-0.15, -0.1) is 0 Å². The van der Waals surface area contributed by atoms with E-state index in [9.17, 15) is 0 Å². The van der Waals surface area contributed by atoms with Crippen molar-refractivity contribution in [3.63, 3.8) is 0 Å². The van der Waals surface area contributed by atoms with E-state index in [0.717, 1.165) is 37.9 Å². The summed E-state index contributed by atoms with van der Waals surface area (Å²) in [5.74, 6) is 1.74. The van der Waals surface area contributed by atoms with Gasteiger partial charge in [-0.3, -0.25) is 4.99 Å². The van der Waals surface area contributed by atoms with Gasteiger partial charge in [-0.2, -0.15) is 0 Å². The molecule has 0 amide bonds. The lowest BCUT2D eigenvalue weighted by atomic mass is 9.84. The Balaban J connectivity index is 2.31. The monoisotopic (exact) mass is 211 g/mol. The molecule has 3 nitrogen and oxygen atoms in total. The quantitative estimate of drug-likeness (QED) is 0.746. The first-order valence-corrected chi connectivity index (χ1v) is 6.02. The van der Waals surface area contributed by atoms with Crippen LogP contribution in [0.5, 0.6) is 0 Å². The van der Waals surface area contributed by atoms with E-state index in [1.165, 1.54) is 6.42 Å². The van der Waals surface area contributed by atoms with Gasteiger partial charge in [0.15, 0.2) is 5.96 Å². The maximum absolute atomic E-state index is 4.41. The van der Waals surface area contributed by atoms with Crippen LogP contribution in [0.2, 0.25) is 0 Å². The van der Waals surface area contributed by atoms with Gasteiger partial charge in [0.2, 0.25) is 0 Å². The third-order valence-electron chi connectivity index (χ3n) is 2.59. The van der Waals surface area contributed by atoms with E-state index in [-0.39, 0.29) is 0 Å². The van der Waals surface area contributed by atoms with Crippen molar-refractivity contribution >= 4 is 5.96 Å². The van der Waals surface area contributed by atoms with E-state index >= 15 is 0 Å². The summed E-state index contributed by atoms with van der Waals surface area (Å²) < 4.78 is 0. The summed E-state index contributed by atoms with van der Waals surface area (Å²) >= 11 is 0. The van der Waals surface area contributed by atoms with Gasteiger partial charge < -0.3 is 10.6 Å². The highest BCUT2D eigenvalue weighted by atomic mass is 15.2. The predicted octanol–water partition coefficient (Wildman–Crippen LogP) is 2.00. The van der Waals surface area contributed by atoms with Crippen LogP contribution >= 0.6 is 0 Å². The second kappa shape index (κ2) is 5.38. The highest BCUT2D eigenvalue weighted by Gasteiger charge is 2.19. The van der Waals surface area contributed by atoms with E-state index in [2.05, 4.69) is 43.3 Å². The van der Waals surface area contributed by atoms with Gasteiger partial charge in [-0.25, -0.2) is 0 Å². The van der Waals surface area contributed by atoms with Crippen LogP contribution in [0.1, 0.15) is 40.5 Å². The Morgan fingerprint density at radius 1 is 1.47 bits per heavy atom. The summed E-state index contributed by atoms with van der Waals surface area (Å²) in [5.41, 5.74) is 0.343. The summed E-state index contributed by atoms with van der Waals surface area (Å²) in [6.07, 6.45) is 2.40. The first-order chi connectivity index (χ1) is 6.99. The summed E-state index contributed by atoms with van der Waals surface area (Å²) in [7, 11) is 0. The minimum atomic E-state index is 0.343. The Kier molecular flexibility index (Phi) is 4.43. The molecule has 0 saturated carbocycles. The van der Waals surface area contributed by atoms with Crippen LogP contribution in [0.3, 0.4) is 0 Å². The normalized spacial score (nSPS) is 17.3. The molecule has 3 heteroatoms. The van der Waals surface area contributed by atoms with Crippen LogP contribution in [0.4, 0.5) is 0 Å². The number of nitrogens with zero attached hydrogens (tertiary/aromatic N) is 1. The lowest BCUT2D eigenvalue weighted by Gasteiger charge is -2.28. The number of aliphatic imine (C=N–C) groups is 1. The molecule has 1 aliphatic heterocycles. The van der Waals surface area contributed by atoms with Crippen LogP contribution in [0.15, 0.2) is 4.99 Å². The highest BCUT2D eigenvalue weighted by Crippen LogP contribution is 2.23. The van der Waals surface area contributed by atoms with Gasteiger partial charge in [-0.05, 0) is 24.2 Å². The highest BCUT2D eigenvalue weighted by molar-refractivity contribution is 5.80. The molecule has 0 radical (unpaired) electrons. The van der Waals surface area contributed by atoms with Crippen LogP contribution in [-0.2, 0) is 0 Å². The molecule has 0 aliphatic carbocycles. The Bertz CT molecular complexity index is 219. The van der Waals surface area contributed by atoms with Crippen molar-refractivity contribution in [3.05, 3.63) is 0 Å². The fraction of sp³-hybridized carbons (Fsp3) is 0.917. The average Bonchev–Trinajstić information content (AvgIpc) is 2.15. The zero-order chi connectivity index (χ0) is 11.3. The number of guanidine groups is 1. The Morgan fingerprint density at radius 3 is 2.73 bits per heavy atom. The molecule has 2 N–H and O–H groups in total. The van der Waals surface area contributed by atoms with Crippen LogP contribution in [-0.4, -0.2) is 25.6 Å². The average molecular weight is 211 g/mol. The van der Waals surface area contributed by atoms with E-state index in [1.807, 2.05) is 0 Å². The fourth-order valence-electron chi connectivity index (χ4n) is 2.15. The second-order valence-electron chi connectivity index (χ2n) is 5.63. The van der Waals surface area contributed by atoms with Crippen molar-refractivity contribution in [2.75, 3.05) is 19.6 Å². The van der Waals surface area contributed by atoms with Crippen molar-refractivity contribution in [3.8, 4) is 0 Å². The molecule has 15 heavy (non-hydrogen) atoms. The Morgan fingerprint density at radius 2 is 2.20 bits per heavy atom. The number of hydrogen-bond donors (Lipinski definition) is 2. The van der Waals surface area contributed by atoms with E-state index in [0.29, 0.717) is 5.41 Å². The number of hydrogen-bond acceptors (Lipinski definition) is 3. The molecule has 88 valence electrons.